The lowest BCUT2D eigenvalue weighted by atomic mass is 9.80. The van der Waals surface area contributed by atoms with Crippen LogP contribution in [0.25, 0.3) is 0 Å². The molecular formula is C14H29NO2. The summed E-state index contributed by atoms with van der Waals surface area (Å²) in [6, 6.07) is 0.439. The summed E-state index contributed by atoms with van der Waals surface area (Å²) in [7, 11) is 0. The third kappa shape index (κ3) is 4.57. The number of aliphatic hydroxyl groups is 2. The van der Waals surface area contributed by atoms with Gasteiger partial charge in [-0.05, 0) is 26.7 Å². The molecule has 0 aromatic heterocycles. The molecule has 0 aromatic rings. The highest BCUT2D eigenvalue weighted by Crippen LogP contribution is 2.35. The van der Waals surface area contributed by atoms with Gasteiger partial charge in [-0.2, -0.15) is 0 Å². The van der Waals surface area contributed by atoms with Gasteiger partial charge < -0.3 is 10.2 Å². The minimum absolute atomic E-state index is 0.0793. The van der Waals surface area contributed by atoms with Crippen molar-refractivity contribution in [2.75, 3.05) is 26.3 Å². The molecule has 17 heavy (non-hydrogen) atoms. The van der Waals surface area contributed by atoms with Crippen LogP contribution >= 0.6 is 0 Å². The van der Waals surface area contributed by atoms with Crippen molar-refractivity contribution < 1.29 is 10.2 Å². The van der Waals surface area contributed by atoms with Crippen molar-refractivity contribution >= 4 is 0 Å². The van der Waals surface area contributed by atoms with E-state index in [0.717, 1.165) is 25.9 Å². The van der Waals surface area contributed by atoms with Crippen LogP contribution in [0.2, 0.25) is 0 Å². The van der Waals surface area contributed by atoms with Crippen LogP contribution in [0.4, 0.5) is 0 Å². The summed E-state index contributed by atoms with van der Waals surface area (Å²) < 4.78 is 0. The average molecular weight is 243 g/mol. The Labute approximate surface area is 106 Å². The van der Waals surface area contributed by atoms with Crippen molar-refractivity contribution in [2.45, 2.75) is 58.4 Å². The number of aliphatic hydroxyl groups excluding tert-OH is 2. The molecule has 2 N–H and O–H groups in total. The van der Waals surface area contributed by atoms with Crippen LogP contribution in [0.5, 0.6) is 0 Å². The van der Waals surface area contributed by atoms with Crippen molar-refractivity contribution in [3.63, 3.8) is 0 Å². The smallest absolute Gasteiger partial charge is 0.0558 e. The van der Waals surface area contributed by atoms with Crippen molar-refractivity contribution in [2.24, 2.45) is 5.41 Å². The first-order chi connectivity index (χ1) is 8.13. The summed E-state index contributed by atoms with van der Waals surface area (Å²) in [5.41, 5.74) is 0.0793. The molecule has 0 amide bonds. The monoisotopic (exact) mass is 243 g/mol. The molecule has 0 radical (unpaired) electrons. The van der Waals surface area contributed by atoms with Gasteiger partial charge in [-0.1, -0.05) is 25.7 Å². The molecule has 1 aliphatic rings. The van der Waals surface area contributed by atoms with Crippen LogP contribution in [-0.4, -0.2) is 47.5 Å². The lowest BCUT2D eigenvalue weighted by Gasteiger charge is -2.38. The van der Waals surface area contributed by atoms with Crippen LogP contribution < -0.4 is 0 Å². The van der Waals surface area contributed by atoms with Gasteiger partial charge >= 0.3 is 0 Å². The zero-order valence-electron chi connectivity index (χ0n) is 11.5. The minimum Gasteiger partial charge on any atom is -0.396 e. The van der Waals surface area contributed by atoms with Crippen LogP contribution in [0.1, 0.15) is 52.4 Å². The van der Waals surface area contributed by atoms with E-state index in [1.165, 1.54) is 25.7 Å². The van der Waals surface area contributed by atoms with Crippen LogP contribution in [-0.2, 0) is 0 Å². The first-order valence-corrected chi connectivity index (χ1v) is 7.09. The Morgan fingerprint density at radius 1 is 1.06 bits per heavy atom. The molecule has 0 spiro atoms. The molecule has 1 rings (SSSR count). The van der Waals surface area contributed by atoms with Gasteiger partial charge in [-0.3, -0.25) is 4.90 Å². The van der Waals surface area contributed by atoms with Gasteiger partial charge in [-0.15, -0.1) is 0 Å². The molecule has 102 valence electrons. The van der Waals surface area contributed by atoms with Crippen molar-refractivity contribution in [1.29, 1.82) is 0 Å². The van der Waals surface area contributed by atoms with Gasteiger partial charge in [0.05, 0.1) is 6.61 Å². The zero-order valence-corrected chi connectivity index (χ0v) is 11.5. The maximum absolute atomic E-state index is 9.78. The molecule has 3 nitrogen and oxygen atoms in total. The molecule has 1 fully saturated rings. The molecule has 3 heteroatoms. The average Bonchev–Trinajstić information content (AvgIpc) is 2.54. The summed E-state index contributed by atoms with van der Waals surface area (Å²) in [5.74, 6) is 0. The van der Waals surface area contributed by atoms with Gasteiger partial charge in [0.15, 0.2) is 0 Å². The lowest BCUT2D eigenvalue weighted by molar-refractivity contribution is 0.0396. The first kappa shape index (κ1) is 14.9. The summed E-state index contributed by atoms with van der Waals surface area (Å²) in [5, 5.41) is 18.9. The Balaban J connectivity index is 2.63. The second-order valence-corrected chi connectivity index (χ2v) is 5.86. The molecule has 0 unspecified atom stereocenters. The van der Waals surface area contributed by atoms with Crippen LogP contribution in [0, 0.1) is 5.41 Å². The second-order valence-electron chi connectivity index (χ2n) is 5.86. The Bertz CT molecular complexity index is 198. The quantitative estimate of drug-likeness (QED) is 0.702. The predicted molar refractivity (Wildman–Crippen MR) is 71.0 cm³/mol. The molecule has 0 atom stereocenters. The molecule has 1 aliphatic carbocycles. The normalized spacial score (nSPS) is 20.8. The van der Waals surface area contributed by atoms with E-state index in [-0.39, 0.29) is 12.0 Å². The predicted octanol–water partition coefficient (Wildman–Crippen LogP) is 2.02. The van der Waals surface area contributed by atoms with E-state index in [1.54, 1.807) is 0 Å². The first-order valence-electron chi connectivity index (χ1n) is 7.09. The van der Waals surface area contributed by atoms with Crippen molar-refractivity contribution in [3.8, 4) is 0 Å². The highest BCUT2D eigenvalue weighted by atomic mass is 16.3. The molecule has 0 saturated heterocycles. The van der Waals surface area contributed by atoms with Crippen LogP contribution in [0.3, 0.4) is 0 Å². The number of nitrogens with zero attached hydrogens (tertiary/aromatic N) is 1. The fourth-order valence-corrected chi connectivity index (χ4v) is 2.92. The highest BCUT2D eigenvalue weighted by Gasteiger charge is 2.32. The standard InChI is InChI=1S/C14H29NO2/c1-13(2)15(9-10-16)11-14(12-17)7-5-3-4-6-8-14/h13,16-17H,3-12H2,1-2H3. The van der Waals surface area contributed by atoms with Crippen molar-refractivity contribution in [1.82, 2.24) is 4.90 Å². The molecule has 0 aromatic carbocycles. The molecule has 0 bridgehead atoms. The summed E-state index contributed by atoms with van der Waals surface area (Å²) >= 11 is 0. The number of rotatable bonds is 6. The van der Waals surface area contributed by atoms with E-state index in [4.69, 9.17) is 5.11 Å². The van der Waals surface area contributed by atoms with E-state index >= 15 is 0 Å². The topological polar surface area (TPSA) is 43.7 Å². The van der Waals surface area contributed by atoms with E-state index in [1.807, 2.05) is 0 Å². The van der Waals surface area contributed by atoms with E-state index < -0.39 is 0 Å². The minimum atomic E-state index is 0.0793. The van der Waals surface area contributed by atoms with Gasteiger partial charge in [0, 0.05) is 31.2 Å². The van der Waals surface area contributed by atoms with Crippen molar-refractivity contribution in [3.05, 3.63) is 0 Å². The van der Waals surface area contributed by atoms with Gasteiger partial charge in [0.2, 0.25) is 0 Å². The molecular weight excluding hydrogens is 214 g/mol. The SMILES string of the molecule is CC(C)N(CCO)CC1(CO)CCCCCC1. The Hall–Kier alpha value is -0.120. The third-order valence-electron chi connectivity index (χ3n) is 4.16. The largest absolute Gasteiger partial charge is 0.396 e. The van der Waals surface area contributed by atoms with E-state index in [9.17, 15) is 5.11 Å². The van der Waals surface area contributed by atoms with Gasteiger partial charge in [-0.25, -0.2) is 0 Å². The Morgan fingerprint density at radius 3 is 2.06 bits per heavy atom. The second kappa shape index (κ2) is 7.34. The lowest BCUT2D eigenvalue weighted by Crippen LogP contribution is -2.44. The molecule has 0 heterocycles. The van der Waals surface area contributed by atoms with E-state index in [2.05, 4.69) is 18.7 Å². The number of hydrogen-bond donors (Lipinski definition) is 2. The Morgan fingerprint density at radius 2 is 1.65 bits per heavy atom. The van der Waals surface area contributed by atoms with E-state index in [0.29, 0.717) is 12.6 Å². The molecule has 0 aliphatic heterocycles. The number of hydrogen-bond acceptors (Lipinski definition) is 3. The van der Waals surface area contributed by atoms with Crippen LogP contribution in [0.15, 0.2) is 0 Å². The molecule has 1 saturated carbocycles. The maximum atomic E-state index is 9.78. The Kier molecular flexibility index (Phi) is 6.45. The summed E-state index contributed by atoms with van der Waals surface area (Å²) in [4.78, 5) is 2.31. The van der Waals surface area contributed by atoms with Gasteiger partial charge in [0.1, 0.15) is 0 Å². The summed E-state index contributed by atoms with van der Waals surface area (Å²) in [6.45, 7) is 6.48. The zero-order chi connectivity index (χ0) is 12.7. The fraction of sp³-hybridized carbons (Fsp3) is 1.00. The fourth-order valence-electron chi connectivity index (χ4n) is 2.92. The third-order valence-corrected chi connectivity index (χ3v) is 4.16. The summed E-state index contributed by atoms with van der Waals surface area (Å²) in [6.07, 6.45) is 7.38. The maximum Gasteiger partial charge on any atom is 0.0558 e. The highest BCUT2D eigenvalue weighted by molar-refractivity contribution is 4.85. The van der Waals surface area contributed by atoms with Gasteiger partial charge in [0.25, 0.3) is 0 Å².